The lowest BCUT2D eigenvalue weighted by molar-refractivity contribution is -0.132. The smallest absolute Gasteiger partial charge is 0.390 e. The number of hydrogen-bond acceptors (Lipinski definition) is 2. The fourth-order valence-electron chi connectivity index (χ4n) is 1.09. The summed E-state index contributed by atoms with van der Waals surface area (Å²) in [6.07, 6.45) is -4.79. The van der Waals surface area contributed by atoms with Gasteiger partial charge in [-0.05, 0) is 11.8 Å². The monoisotopic (exact) mass is 256 g/mol. The lowest BCUT2D eigenvalue weighted by Crippen LogP contribution is -2.42. The van der Waals surface area contributed by atoms with E-state index in [2.05, 4.69) is 10.6 Å². The zero-order valence-electron chi connectivity index (χ0n) is 10.0. The van der Waals surface area contributed by atoms with Crippen LogP contribution in [0.25, 0.3) is 0 Å². The van der Waals surface area contributed by atoms with Crippen molar-refractivity contribution in [3.8, 4) is 0 Å². The number of rotatable bonds is 6. The predicted octanol–water partition coefficient (Wildman–Crippen LogP) is 1.65. The number of carbonyl (C=O) groups excluding carboxylic acids is 1. The summed E-state index contributed by atoms with van der Waals surface area (Å²) in [6, 6.07) is -0.625. The van der Waals surface area contributed by atoms with Crippen molar-refractivity contribution in [1.82, 2.24) is 10.6 Å². The molecular formula is C10H19F3N2O2. The third-order valence-corrected chi connectivity index (χ3v) is 2.21. The molecule has 17 heavy (non-hydrogen) atoms. The quantitative estimate of drug-likeness (QED) is 0.676. The number of amides is 2. The summed E-state index contributed by atoms with van der Waals surface area (Å²) in [5, 5.41) is 13.3. The number of nitrogens with one attached hydrogen (secondary N) is 2. The fourth-order valence-corrected chi connectivity index (χ4v) is 1.09. The molecule has 0 unspecified atom stereocenters. The highest BCUT2D eigenvalue weighted by atomic mass is 19.4. The van der Waals surface area contributed by atoms with Gasteiger partial charge in [0.1, 0.15) is 0 Å². The summed E-state index contributed by atoms with van der Waals surface area (Å²) in [4.78, 5) is 11.1. The lowest BCUT2D eigenvalue weighted by Gasteiger charge is -2.23. The molecule has 0 saturated carbocycles. The van der Waals surface area contributed by atoms with Crippen LogP contribution in [-0.2, 0) is 0 Å². The standard InChI is InChI=1S/C10H19F3N2O2/c1-9(2,4-6-16)7-15-8(17)14-5-3-10(11,12)13/h16H,3-7H2,1-2H3,(H2,14,15,17). The summed E-state index contributed by atoms with van der Waals surface area (Å²) in [7, 11) is 0. The molecule has 0 atom stereocenters. The molecule has 102 valence electrons. The number of aliphatic hydroxyl groups excluding tert-OH is 1. The Morgan fingerprint density at radius 2 is 1.76 bits per heavy atom. The molecule has 0 bridgehead atoms. The first-order valence-electron chi connectivity index (χ1n) is 5.36. The van der Waals surface area contributed by atoms with Crippen LogP contribution >= 0.6 is 0 Å². The highest BCUT2D eigenvalue weighted by molar-refractivity contribution is 5.73. The zero-order chi connectivity index (χ0) is 13.5. The minimum absolute atomic E-state index is 0.00434. The van der Waals surface area contributed by atoms with E-state index < -0.39 is 25.2 Å². The highest BCUT2D eigenvalue weighted by Crippen LogP contribution is 2.18. The van der Waals surface area contributed by atoms with E-state index in [9.17, 15) is 18.0 Å². The molecule has 0 aliphatic carbocycles. The second-order valence-electron chi connectivity index (χ2n) is 4.61. The van der Waals surface area contributed by atoms with Crippen LogP contribution in [-0.4, -0.2) is 37.0 Å². The normalized spacial score (nSPS) is 12.4. The molecule has 4 nitrogen and oxygen atoms in total. The molecule has 3 N–H and O–H groups in total. The van der Waals surface area contributed by atoms with Crippen LogP contribution < -0.4 is 10.6 Å². The Morgan fingerprint density at radius 1 is 1.18 bits per heavy atom. The predicted molar refractivity (Wildman–Crippen MR) is 57.6 cm³/mol. The molecule has 0 saturated heterocycles. The van der Waals surface area contributed by atoms with Crippen LogP contribution in [0.15, 0.2) is 0 Å². The molecule has 0 aromatic rings. The van der Waals surface area contributed by atoms with Crippen LogP contribution in [0.2, 0.25) is 0 Å². The first kappa shape index (κ1) is 16.0. The largest absolute Gasteiger partial charge is 0.396 e. The maximum Gasteiger partial charge on any atom is 0.390 e. The van der Waals surface area contributed by atoms with Gasteiger partial charge in [-0.3, -0.25) is 0 Å². The van der Waals surface area contributed by atoms with Crippen LogP contribution in [0.1, 0.15) is 26.7 Å². The van der Waals surface area contributed by atoms with Gasteiger partial charge in [0, 0.05) is 19.7 Å². The molecule has 0 fully saturated rings. The highest BCUT2D eigenvalue weighted by Gasteiger charge is 2.26. The second kappa shape index (κ2) is 6.68. The van der Waals surface area contributed by atoms with E-state index in [0.29, 0.717) is 13.0 Å². The Morgan fingerprint density at radius 3 is 2.24 bits per heavy atom. The molecule has 0 spiro atoms. The zero-order valence-corrected chi connectivity index (χ0v) is 10.0. The Balaban J connectivity index is 3.73. The van der Waals surface area contributed by atoms with Crippen molar-refractivity contribution in [3.63, 3.8) is 0 Å². The minimum Gasteiger partial charge on any atom is -0.396 e. The maximum atomic E-state index is 11.8. The molecule has 7 heteroatoms. The SMILES string of the molecule is CC(C)(CCO)CNC(=O)NCCC(F)(F)F. The van der Waals surface area contributed by atoms with E-state index >= 15 is 0 Å². The number of urea groups is 1. The number of carbonyl (C=O) groups is 1. The van der Waals surface area contributed by atoms with E-state index in [0.717, 1.165) is 0 Å². The summed E-state index contributed by atoms with van der Waals surface area (Å²) < 4.78 is 35.3. The van der Waals surface area contributed by atoms with Gasteiger partial charge >= 0.3 is 12.2 Å². The van der Waals surface area contributed by atoms with Crippen molar-refractivity contribution < 1.29 is 23.1 Å². The van der Waals surface area contributed by atoms with Gasteiger partial charge in [-0.1, -0.05) is 13.8 Å². The third-order valence-electron chi connectivity index (χ3n) is 2.21. The van der Waals surface area contributed by atoms with Crippen LogP contribution in [0.4, 0.5) is 18.0 Å². The van der Waals surface area contributed by atoms with Gasteiger partial charge in [-0.25, -0.2) is 4.79 Å². The first-order chi connectivity index (χ1) is 7.66. The van der Waals surface area contributed by atoms with Crippen LogP contribution in [0.5, 0.6) is 0 Å². The topological polar surface area (TPSA) is 61.4 Å². The second-order valence-corrected chi connectivity index (χ2v) is 4.61. The molecule has 0 heterocycles. The minimum atomic E-state index is -4.26. The summed E-state index contributed by atoms with van der Waals surface area (Å²) in [5.41, 5.74) is -0.282. The van der Waals surface area contributed by atoms with E-state index in [1.807, 2.05) is 13.8 Å². The summed E-state index contributed by atoms with van der Waals surface area (Å²) >= 11 is 0. The molecule has 0 aromatic carbocycles. The van der Waals surface area contributed by atoms with Crippen LogP contribution in [0.3, 0.4) is 0 Å². The van der Waals surface area contributed by atoms with Gasteiger partial charge in [0.25, 0.3) is 0 Å². The van der Waals surface area contributed by atoms with Gasteiger partial charge in [0.2, 0.25) is 0 Å². The molecule has 0 radical (unpaired) electrons. The molecule has 0 rings (SSSR count). The summed E-state index contributed by atoms with van der Waals surface area (Å²) in [5.74, 6) is 0. The average molecular weight is 256 g/mol. The van der Waals surface area contributed by atoms with E-state index in [1.54, 1.807) is 0 Å². The first-order valence-corrected chi connectivity index (χ1v) is 5.36. The molecular weight excluding hydrogens is 237 g/mol. The number of hydrogen-bond donors (Lipinski definition) is 3. The van der Waals surface area contributed by atoms with Gasteiger partial charge in [-0.2, -0.15) is 13.2 Å². The van der Waals surface area contributed by atoms with Crippen molar-refractivity contribution >= 4 is 6.03 Å². The van der Waals surface area contributed by atoms with E-state index in [-0.39, 0.29) is 12.0 Å². The van der Waals surface area contributed by atoms with Crippen molar-refractivity contribution in [2.45, 2.75) is 32.9 Å². The third kappa shape index (κ3) is 9.92. The Kier molecular flexibility index (Phi) is 6.30. The number of alkyl halides is 3. The van der Waals surface area contributed by atoms with E-state index in [1.165, 1.54) is 0 Å². The van der Waals surface area contributed by atoms with Crippen molar-refractivity contribution in [2.24, 2.45) is 5.41 Å². The van der Waals surface area contributed by atoms with Crippen LogP contribution in [0, 0.1) is 5.41 Å². The summed E-state index contributed by atoms with van der Waals surface area (Å²) in [6.45, 7) is 3.56. The van der Waals surface area contributed by atoms with Gasteiger partial charge < -0.3 is 15.7 Å². The fraction of sp³-hybridized carbons (Fsp3) is 0.900. The van der Waals surface area contributed by atoms with Crippen molar-refractivity contribution in [3.05, 3.63) is 0 Å². The lowest BCUT2D eigenvalue weighted by atomic mass is 9.90. The Hall–Kier alpha value is -0.980. The van der Waals surface area contributed by atoms with E-state index in [4.69, 9.17) is 5.11 Å². The van der Waals surface area contributed by atoms with Gasteiger partial charge in [-0.15, -0.1) is 0 Å². The van der Waals surface area contributed by atoms with Gasteiger partial charge in [0.05, 0.1) is 6.42 Å². The number of aliphatic hydroxyl groups is 1. The molecule has 0 aliphatic rings. The van der Waals surface area contributed by atoms with Crippen molar-refractivity contribution in [1.29, 1.82) is 0 Å². The van der Waals surface area contributed by atoms with Crippen molar-refractivity contribution in [2.75, 3.05) is 19.7 Å². The number of halogens is 3. The Labute approximate surface area is 98.6 Å². The molecule has 0 aliphatic heterocycles. The average Bonchev–Trinajstić information content (AvgIpc) is 2.13. The molecule has 2 amide bonds. The maximum absolute atomic E-state index is 11.8. The van der Waals surface area contributed by atoms with Gasteiger partial charge in [0.15, 0.2) is 0 Å². The molecule has 0 aromatic heterocycles. The Bertz CT molecular complexity index is 242.